The fraction of sp³-hybridized carbons (Fsp3) is 0.167. The second-order valence-electron chi connectivity index (χ2n) is 5.64. The van der Waals surface area contributed by atoms with E-state index in [0.717, 1.165) is 5.69 Å². The van der Waals surface area contributed by atoms with E-state index in [2.05, 4.69) is 10.5 Å². The fourth-order valence-corrected chi connectivity index (χ4v) is 3.06. The van der Waals surface area contributed by atoms with Crippen LogP contribution in [0, 0.1) is 5.92 Å². The van der Waals surface area contributed by atoms with Crippen LogP contribution in [-0.2, 0) is 9.59 Å². The summed E-state index contributed by atoms with van der Waals surface area (Å²) in [5.41, 5.74) is 3.90. The summed E-state index contributed by atoms with van der Waals surface area (Å²) in [6.45, 7) is 0.339. The zero-order valence-corrected chi connectivity index (χ0v) is 14.7. The number of anilines is 1. The van der Waals surface area contributed by atoms with Crippen LogP contribution in [0.5, 0.6) is 0 Å². The maximum absolute atomic E-state index is 12.2. The normalized spacial score (nSPS) is 17.3. The van der Waals surface area contributed by atoms with E-state index in [0.29, 0.717) is 22.2 Å². The van der Waals surface area contributed by atoms with Crippen molar-refractivity contribution >= 4 is 46.9 Å². The largest absolute Gasteiger partial charge is 0.312 e. The summed E-state index contributed by atoms with van der Waals surface area (Å²) in [5, 5.41) is 4.88. The Bertz CT molecular complexity index is 824. The molecule has 0 bridgehead atoms. The molecule has 1 heterocycles. The van der Waals surface area contributed by atoms with Crippen molar-refractivity contribution in [1.82, 2.24) is 5.43 Å². The van der Waals surface area contributed by atoms with Crippen molar-refractivity contribution in [2.24, 2.45) is 11.0 Å². The number of carbonyl (C=O) groups is 2. The first-order chi connectivity index (χ1) is 12.0. The van der Waals surface area contributed by atoms with Gasteiger partial charge >= 0.3 is 0 Å². The van der Waals surface area contributed by atoms with E-state index < -0.39 is 5.92 Å². The molecule has 128 valence electrons. The molecule has 1 aliphatic rings. The Hall–Kier alpha value is -2.37. The minimum Gasteiger partial charge on any atom is -0.312 e. The average Bonchev–Trinajstić information content (AvgIpc) is 2.99. The molecule has 1 N–H and O–H groups in total. The molecule has 1 unspecified atom stereocenters. The maximum atomic E-state index is 12.2. The highest BCUT2D eigenvalue weighted by molar-refractivity contribution is 6.36. The Morgan fingerprint density at radius 2 is 1.96 bits per heavy atom. The number of halogens is 2. The minimum absolute atomic E-state index is 0.0731. The van der Waals surface area contributed by atoms with Crippen molar-refractivity contribution in [2.45, 2.75) is 6.42 Å². The van der Waals surface area contributed by atoms with Gasteiger partial charge in [-0.15, -0.1) is 0 Å². The van der Waals surface area contributed by atoms with Crippen molar-refractivity contribution < 1.29 is 9.59 Å². The predicted octanol–water partition coefficient (Wildman–Crippen LogP) is 3.50. The van der Waals surface area contributed by atoms with Gasteiger partial charge in [0.15, 0.2) is 0 Å². The van der Waals surface area contributed by atoms with Gasteiger partial charge in [-0.1, -0.05) is 47.5 Å². The van der Waals surface area contributed by atoms with Crippen LogP contribution in [0.1, 0.15) is 12.0 Å². The van der Waals surface area contributed by atoms with Crippen molar-refractivity contribution in [2.75, 3.05) is 11.4 Å². The molecule has 0 spiro atoms. The van der Waals surface area contributed by atoms with Gasteiger partial charge in [-0.2, -0.15) is 5.10 Å². The lowest BCUT2D eigenvalue weighted by molar-refractivity contribution is -0.126. The zero-order chi connectivity index (χ0) is 17.8. The first-order valence-electron chi connectivity index (χ1n) is 7.68. The number of benzene rings is 2. The van der Waals surface area contributed by atoms with Crippen LogP contribution in [0.15, 0.2) is 53.6 Å². The lowest BCUT2D eigenvalue weighted by Gasteiger charge is -2.16. The van der Waals surface area contributed by atoms with Crippen LogP contribution >= 0.6 is 23.2 Å². The zero-order valence-electron chi connectivity index (χ0n) is 13.2. The molecule has 0 saturated carbocycles. The van der Waals surface area contributed by atoms with Crippen LogP contribution in [-0.4, -0.2) is 24.6 Å². The molecule has 1 atom stereocenters. The number of rotatable bonds is 4. The van der Waals surface area contributed by atoms with Gasteiger partial charge in [-0.3, -0.25) is 9.59 Å². The molecule has 0 aliphatic carbocycles. The van der Waals surface area contributed by atoms with Crippen molar-refractivity contribution in [1.29, 1.82) is 0 Å². The number of para-hydroxylation sites is 1. The van der Waals surface area contributed by atoms with Gasteiger partial charge in [0.2, 0.25) is 11.8 Å². The average molecular weight is 376 g/mol. The molecule has 2 amide bonds. The van der Waals surface area contributed by atoms with Gasteiger partial charge in [0.1, 0.15) is 0 Å². The molecule has 3 rings (SSSR count). The van der Waals surface area contributed by atoms with Crippen molar-refractivity contribution in [3.8, 4) is 0 Å². The second-order valence-corrected chi connectivity index (χ2v) is 6.48. The van der Waals surface area contributed by atoms with Crippen LogP contribution < -0.4 is 10.3 Å². The predicted molar refractivity (Wildman–Crippen MR) is 99.1 cm³/mol. The molecule has 1 fully saturated rings. The summed E-state index contributed by atoms with van der Waals surface area (Å²) in [5.74, 6) is -0.810. The van der Waals surface area contributed by atoms with Gasteiger partial charge in [-0.05, 0) is 24.3 Å². The topological polar surface area (TPSA) is 61.8 Å². The summed E-state index contributed by atoms with van der Waals surface area (Å²) >= 11 is 11.9. The van der Waals surface area contributed by atoms with Crippen molar-refractivity contribution in [3.05, 3.63) is 64.1 Å². The van der Waals surface area contributed by atoms with E-state index in [1.807, 2.05) is 30.3 Å². The van der Waals surface area contributed by atoms with Gasteiger partial charge in [0.05, 0.1) is 17.2 Å². The highest BCUT2D eigenvalue weighted by Gasteiger charge is 2.34. The molecule has 7 heteroatoms. The lowest BCUT2D eigenvalue weighted by atomic mass is 10.1. The third kappa shape index (κ3) is 4.18. The molecule has 1 aliphatic heterocycles. The fourth-order valence-electron chi connectivity index (χ4n) is 2.60. The first kappa shape index (κ1) is 17.5. The van der Waals surface area contributed by atoms with E-state index in [1.54, 1.807) is 23.1 Å². The third-order valence-electron chi connectivity index (χ3n) is 3.90. The molecule has 2 aromatic rings. The summed E-state index contributed by atoms with van der Waals surface area (Å²) in [7, 11) is 0. The Morgan fingerprint density at radius 3 is 2.68 bits per heavy atom. The van der Waals surface area contributed by atoms with E-state index in [-0.39, 0.29) is 18.2 Å². The number of hydrogen-bond acceptors (Lipinski definition) is 3. The molecular formula is C18H15Cl2N3O2. The Kier molecular flexibility index (Phi) is 5.36. The minimum atomic E-state index is -0.439. The van der Waals surface area contributed by atoms with Crippen LogP contribution in [0.3, 0.4) is 0 Å². The Morgan fingerprint density at radius 1 is 1.20 bits per heavy atom. The molecule has 1 saturated heterocycles. The molecule has 5 nitrogen and oxygen atoms in total. The van der Waals surface area contributed by atoms with Gasteiger partial charge in [0, 0.05) is 29.2 Å². The number of carbonyl (C=O) groups excluding carboxylic acids is 2. The summed E-state index contributed by atoms with van der Waals surface area (Å²) in [6.07, 6.45) is 1.61. The number of nitrogens with zero attached hydrogens (tertiary/aromatic N) is 2. The lowest BCUT2D eigenvalue weighted by Crippen LogP contribution is -2.30. The smallest absolute Gasteiger partial charge is 0.245 e. The van der Waals surface area contributed by atoms with E-state index >= 15 is 0 Å². The van der Waals surface area contributed by atoms with Gasteiger partial charge in [0.25, 0.3) is 0 Å². The molecule has 0 aromatic heterocycles. The number of hydrazone groups is 1. The third-order valence-corrected chi connectivity index (χ3v) is 4.47. The van der Waals surface area contributed by atoms with Gasteiger partial charge < -0.3 is 4.90 Å². The number of nitrogens with one attached hydrogen (secondary N) is 1. The standard InChI is InChI=1S/C18H15Cl2N3O2/c19-14-7-6-12(16(20)9-14)10-21-22-18(25)13-8-17(24)23(11-13)15-4-2-1-3-5-15/h1-7,9-10,13H,8,11H2,(H,22,25). The van der Waals surface area contributed by atoms with Crippen LogP contribution in [0.2, 0.25) is 10.0 Å². The highest BCUT2D eigenvalue weighted by atomic mass is 35.5. The number of hydrogen-bond donors (Lipinski definition) is 1. The number of amides is 2. The Balaban J connectivity index is 1.60. The molecule has 0 radical (unpaired) electrons. The SMILES string of the molecule is O=C(NN=Cc1ccc(Cl)cc1Cl)C1CC(=O)N(c2ccccc2)C1. The van der Waals surface area contributed by atoms with Crippen LogP contribution in [0.4, 0.5) is 5.69 Å². The van der Waals surface area contributed by atoms with E-state index in [4.69, 9.17) is 23.2 Å². The van der Waals surface area contributed by atoms with E-state index in [9.17, 15) is 9.59 Å². The summed E-state index contributed by atoms with van der Waals surface area (Å²) in [6, 6.07) is 14.3. The van der Waals surface area contributed by atoms with Crippen molar-refractivity contribution in [3.63, 3.8) is 0 Å². The first-order valence-corrected chi connectivity index (χ1v) is 8.43. The summed E-state index contributed by atoms with van der Waals surface area (Å²) < 4.78 is 0. The second kappa shape index (κ2) is 7.68. The molecule has 25 heavy (non-hydrogen) atoms. The van der Waals surface area contributed by atoms with Gasteiger partial charge in [-0.25, -0.2) is 5.43 Å². The van der Waals surface area contributed by atoms with Crippen LogP contribution in [0.25, 0.3) is 0 Å². The maximum Gasteiger partial charge on any atom is 0.245 e. The van der Waals surface area contributed by atoms with E-state index in [1.165, 1.54) is 6.21 Å². The monoisotopic (exact) mass is 375 g/mol. The Labute approximate surface area is 155 Å². The highest BCUT2D eigenvalue weighted by Crippen LogP contribution is 2.25. The summed E-state index contributed by atoms with van der Waals surface area (Å²) in [4.78, 5) is 26.0. The quantitative estimate of drug-likeness (QED) is 0.656. The molecule has 2 aromatic carbocycles. The molecular weight excluding hydrogens is 361 g/mol.